The van der Waals surface area contributed by atoms with Crippen molar-refractivity contribution < 1.29 is 24.1 Å². The summed E-state index contributed by atoms with van der Waals surface area (Å²) < 4.78 is 20.4. The van der Waals surface area contributed by atoms with E-state index in [2.05, 4.69) is 43.4 Å². The fraction of sp³-hybridized carbons (Fsp3) is 0.552. The van der Waals surface area contributed by atoms with Gasteiger partial charge in [-0.25, -0.2) is 4.39 Å². The Morgan fingerprint density at radius 2 is 1.83 bits per heavy atom. The van der Waals surface area contributed by atoms with E-state index in [0.717, 1.165) is 24.8 Å². The molecule has 2 aromatic rings. The van der Waals surface area contributed by atoms with Gasteiger partial charge in [-0.2, -0.15) is 0 Å². The van der Waals surface area contributed by atoms with Gasteiger partial charge in [-0.1, -0.05) is 36.4 Å². The van der Waals surface area contributed by atoms with E-state index in [4.69, 9.17) is 9.84 Å². The van der Waals surface area contributed by atoms with Gasteiger partial charge in [0.15, 0.2) is 0 Å². The summed E-state index contributed by atoms with van der Waals surface area (Å²) in [4.78, 5) is 10.7. The number of aliphatic carboxylic acids is 1. The Balaban J connectivity index is 1.44. The van der Waals surface area contributed by atoms with E-state index in [1.54, 1.807) is 6.07 Å². The molecule has 0 aliphatic heterocycles. The summed E-state index contributed by atoms with van der Waals surface area (Å²) in [7, 11) is 0. The average molecular weight is 486 g/mol. The Kier molecular flexibility index (Phi) is 9.84. The number of carboxylic acid groups (broad SMARTS) is 1. The molecule has 2 atom stereocenters. The van der Waals surface area contributed by atoms with E-state index in [0.29, 0.717) is 37.3 Å². The minimum atomic E-state index is -0.838. The van der Waals surface area contributed by atoms with Gasteiger partial charge in [0.05, 0.1) is 18.8 Å². The molecule has 0 amide bonds. The van der Waals surface area contributed by atoms with Crippen LogP contribution in [-0.2, 0) is 28.8 Å². The molecule has 192 valence electrons. The molecule has 3 rings (SSSR count). The average Bonchev–Trinajstić information content (AvgIpc) is 3.21. The lowest BCUT2D eigenvalue weighted by Gasteiger charge is -2.31. The molecule has 5 nitrogen and oxygen atoms in total. The van der Waals surface area contributed by atoms with E-state index < -0.39 is 12.1 Å². The molecule has 0 saturated heterocycles. The first kappa shape index (κ1) is 27.3. The lowest BCUT2D eigenvalue weighted by atomic mass is 9.88. The first-order valence-electron chi connectivity index (χ1n) is 12.7. The van der Waals surface area contributed by atoms with Crippen LogP contribution in [0.25, 0.3) is 0 Å². The van der Waals surface area contributed by atoms with Gasteiger partial charge in [0.2, 0.25) is 0 Å². The molecule has 35 heavy (non-hydrogen) atoms. The summed E-state index contributed by atoms with van der Waals surface area (Å²) in [5.74, 6) is -0.536. The fourth-order valence-corrected chi connectivity index (χ4v) is 5.18. The number of aliphatic hydroxyl groups excluding tert-OH is 1. The van der Waals surface area contributed by atoms with Crippen LogP contribution in [0.15, 0.2) is 42.5 Å². The second-order valence-corrected chi connectivity index (χ2v) is 10.5. The Labute approximate surface area is 208 Å². The molecular weight excluding hydrogens is 445 g/mol. The van der Waals surface area contributed by atoms with Gasteiger partial charge in [-0.3, -0.25) is 4.79 Å². The van der Waals surface area contributed by atoms with Crippen LogP contribution >= 0.6 is 0 Å². The minimum Gasteiger partial charge on any atom is -0.481 e. The van der Waals surface area contributed by atoms with Gasteiger partial charge in [-0.05, 0) is 93.5 Å². The van der Waals surface area contributed by atoms with Crippen LogP contribution in [-0.4, -0.2) is 41.0 Å². The molecule has 2 aromatic carbocycles. The predicted molar refractivity (Wildman–Crippen MR) is 136 cm³/mol. The third-order valence-electron chi connectivity index (χ3n) is 6.95. The SMILES string of the molecule is C[C@@H](OC[C@H](O)CNC(C)(C)CC1Cc2ccccc2C1)c1cccc(F)c1CCCCC(=O)O. The maximum atomic E-state index is 14.5. The summed E-state index contributed by atoms with van der Waals surface area (Å²) in [6.45, 7) is 6.78. The molecule has 0 saturated carbocycles. The molecule has 0 spiro atoms. The molecule has 6 heteroatoms. The summed E-state index contributed by atoms with van der Waals surface area (Å²) in [6, 6.07) is 13.6. The highest BCUT2D eigenvalue weighted by atomic mass is 19.1. The number of carboxylic acids is 1. The Morgan fingerprint density at radius 1 is 1.14 bits per heavy atom. The van der Waals surface area contributed by atoms with Crippen LogP contribution < -0.4 is 5.32 Å². The third-order valence-corrected chi connectivity index (χ3v) is 6.95. The minimum absolute atomic E-state index is 0.0824. The lowest BCUT2D eigenvalue weighted by molar-refractivity contribution is -0.137. The van der Waals surface area contributed by atoms with Crippen molar-refractivity contribution in [2.45, 2.75) is 83.5 Å². The second-order valence-electron chi connectivity index (χ2n) is 10.5. The number of halogens is 1. The van der Waals surface area contributed by atoms with E-state index in [-0.39, 0.29) is 30.5 Å². The zero-order chi connectivity index (χ0) is 25.4. The molecule has 1 aliphatic rings. The van der Waals surface area contributed by atoms with Crippen molar-refractivity contribution in [2.75, 3.05) is 13.2 Å². The number of aliphatic hydroxyl groups is 1. The normalized spacial score (nSPS) is 15.7. The molecular formula is C29H40FNO4. The standard InChI is InChI=1S/C29H40FNO4/c1-20(25-12-8-13-27(30)26(25)11-6-7-14-28(33)34)35-19-24(32)18-31-29(2,3)17-21-15-22-9-4-5-10-23(22)16-21/h4-5,8-10,12-13,20-21,24,31-32H,6-7,11,14-19H2,1-3H3,(H,33,34)/t20-,24-/m1/s1. The summed E-state index contributed by atoms with van der Waals surface area (Å²) >= 11 is 0. The predicted octanol–water partition coefficient (Wildman–Crippen LogP) is 5.23. The van der Waals surface area contributed by atoms with E-state index in [1.807, 2.05) is 13.0 Å². The third kappa shape index (κ3) is 8.41. The number of β-amino-alcohol motifs (C(OH)–C–C–N with tert-alkyl or cyclic N) is 1. The topological polar surface area (TPSA) is 78.8 Å². The molecule has 0 unspecified atom stereocenters. The highest BCUT2D eigenvalue weighted by molar-refractivity contribution is 5.66. The maximum Gasteiger partial charge on any atom is 0.303 e. The number of nitrogens with one attached hydrogen (secondary N) is 1. The summed E-state index contributed by atoms with van der Waals surface area (Å²) in [6.07, 6.45) is 3.84. The fourth-order valence-electron chi connectivity index (χ4n) is 5.18. The smallest absolute Gasteiger partial charge is 0.303 e. The highest BCUT2D eigenvalue weighted by Crippen LogP contribution is 2.32. The zero-order valence-corrected chi connectivity index (χ0v) is 21.2. The number of fused-ring (bicyclic) bond motifs is 1. The first-order chi connectivity index (χ1) is 16.6. The highest BCUT2D eigenvalue weighted by Gasteiger charge is 2.28. The van der Waals surface area contributed by atoms with Crippen molar-refractivity contribution in [3.05, 3.63) is 70.5 Å². The van der Waals surface area contributed by atoms with Crippen molar-refractivity contribution in [1.82, 2.24) is 5.32 Å². The Hall–Kier alpha value is -2.28. The molecule has 0 aromatic heterocycles. The van der Waals surface area contributed by atoms with Crippen molar-refractivity contribution in [1.29, 1.82) is 0 Å². The zero-order valence-electron chi connectivity index (χ0n) is 21.2. The molecule has 0 fully saturated rings. The number of rotatable bonds is 14. The summed E-state index contributed by atoms with van der Waals surface area (Å²) in [5.41, 5.74) is 4.12. The van der Waals surface area contributed by atoms with Gasteiger partial charge in [-0.15, -0.1) is 0 Å². The quantitative estimate of drug-likeness (QED) is 0.319. The van der Waals surface area contributed by atoms with Crippen molar-refractivity contribution in [2.24, 2.45) is 5.92 Å². The molecule has 1 aliphatic carbocycles. The van der Waals surface area contributed by atoms with Crippen LogP contribution in [0.2, 0.25) is 0 Å². The van der Waals surface area contributed by atoms with E-state index >= 15 is 0 Å². The van der Waals surface area contributed by atoms with Crippen molar-refractivity contribution >= 4 is 5.97 Å². The number of unbranched alkanes of at least 4 members (excludes halogenated alkanes) is 1. The van der Waals surface area contributed by atoms with Crippen LogP contribution in [0, 0.1) is 11.7 Å². The maximum absolute atomic E-state index is 14.5. The summed E-state index contributed by atoms with van der Waals surface area (Å²) in [5, 5.41) is 22.9. The van der Waals surface area contributed by atoms with Gasteiger partial charge in [0.1, 0.15) is 5.82 Å². The van der Waals surface area contributed by atoms with Crippen LogP contribution in [0.1, 0.15) is 74.8 Å². The molecule has 0 heterocycles. The monoisotopic (exact) mass is 485 g/mol. The van der Waals surface area contributed by atoms with Gasteiger partial charge in [0, 0.05) is 18.5 Å². The Bertz CT molecular complexity index is 952. The molecule has 3 N–H and O–H groups in total. The van der Waals surface area contributed by atoms with Crippen molar-refractivity contribution in [3.8, 4) is 0 Å². The number of ether oxygens (including phenoxy) is 1. The number of benzene rings is 2. The van der Waals surface area contributed by atoms with E-state index in [1.165, 1.54) is 17.2 Å². The van der Waals surface area contributed by atoms with Gasteiger partial charge < -0.3 is 20.3 Å². The van der Waals surface area contributed by atoms with Crippen molar-refractivity contribution in [3.63, 3.8) is 0 Å². The number of hydrogen-bond donors (Lipinski definition) is 3. The first-order valence-corrected chi connectivity index (χ1v) is 12.7. The van der Waals surface area contributed by atoms with E-state index in [9.17, 15) is 14.3 Å². The molecule has 0 radical (unpaired) electrons. The number of carbonyl (C=O) groups is 1. The van der Waals surface area contributed by atoms with Gasteiger partial charge in [0.25, 0.3) is 0 Å². The lowest BCUT2D eigenvalue weighted by Crippen LogP contribution is -2.45. The Morgan fingerprint density at radius 3 is 2.49 bits per heavy atom. The number of hydrogen-bond acceptors (Lipinski definition) is 4. The second kappa shape index (κ2) is 12.6. The van der Waals surface area contributed by atoms with Crippen LogP contribution in [0.3, 0.4) is 0 Å². The van der Waals surface area contributed by atoms with Crippen LogP contribution in [0.5, 0.6) is 0 Å². The molecule has 0 bridgehead atoms. The van der Waals surface area contributed by atoms with Gasteiger partial charge >= 0.3 is 5.97 Å². The van der Waals surface area contributed by atoms with Crippen LogP contribution in [0.4, 0.5) is 4.39 Å². The largest absolute Gasteiger partial charge is 0.481 e.